The van der Waals surface area contributed by atoms with Crippen molar-refractivity contribution in [3.63, 3.8) is 0 Å². The molecule has 3 rings (SSSR count). The van der Waals surface area contributed by atoms with Crippen LogP contribution < -0.4 is 10.5 Å². The molecule has 0 spiro atoms. The van der Waals surface area contributed by atoms with E-state index in [9.17, 15) is 9.90 Å². The molecule has 0 aliphatic carbocycles. The number of halogens is 2. The van der Waals surface area contributed by atoms with E-state index in [-0.39, 0.29) is 39.3 Å². The van der Waals surface area contributed by atoms with Crippen molar-refractivity contribution < 1.29 is 14.4 Å². The molecule has 0 fully saturated rings. The lowest BCUT2D eigenvalue weighted by atomic mass is 10.1. The van der Waals surface area contributed by atoms with Crippen molar-refractivity contribution in [2.75, 3.05) is 0 Å². The molecule has 2 heterocycles. The number of ether oxygens (including phenoxy) is 1. The smallest absolute Gasteiger partial charge is 0.439 e. The first-order valence-electron chi connectivity index (χ1n) is 7.14. The Balaban J connectivity index is 1.96. The first kappa shape index (κ1) is 17.2. The van der Waals surface area contributed by atoms with Crippen molar-refractivity contribution >= 4 is 23.2 Å². The van der Waals surface area contributed by atoms with E-state index in [1.165, 1.54) is 18.3 Å². The minimum Gasteiger partial charge on any atom is -0.504 e. The van der Waals surface area contributed by atoms with Gasteiger partial charge in [0.2, 0.25) is 0 Å². The van der Waals surface area contributed by atoms with Crippen molar-refractivity contribution in [1.29, 1.82) is 0 Å². The molecule has 0 amide bonds. The first-order chi connectivity index (χ1) is 11.8. The van der Waals surface area contributed by atoms with Gasteiger partial charge in [0.05, 0.1) is 21.9 Å². The van der Waals surface area contributed by atoms with Crippen molar-refractivity contribution in [1.82, 2.24) is 20.1 Å². The number of aromatic nitrogens is 4. The van der Waals surface area contributed by atoms with Gasteiger partial charge in [0.25, 0.3) is 0 Å². The molecule has 1 aromatic carbocycles. The number of nitrogens with zero attached hydrogens (tertiary/aromatic N) is 3. The Bertz CT molecular complexity index is 961. The molecule has 0 saturated carbocycles. The molecule has 2 N–H and O–H groups in total. The van der Waals surface area contributed by atoms with E-state index in [0.29, 0.717) is 11.3 Å². The Morgan fingerprint density at radius 2 is 1.96 bits per heavy atom. The van der Waals surface area contributed by atoms with E-state index in [1.807, 2.05) is 13.8 Å². The summed E-state index contributed by atoms with van der Waals surface area (Å²) in [4.78, 5) is 21.5. The van der Waals surface area contributed by atoms with Gasteiger partial charge < -0.3 is 9.84 Å². The Hall–Kier alpha value is -2.58. The first-order valence-corrected chi connectivity index (χ1v) is 7.90. The molecular formula is C15H12Cl2N4O4. The van der Waals surface area contributed by atoms with E-state index in [4.69, 9.17) is 27.9 Å². The maximum absolute atomic E-state index is 11.0. The van der Waals surface area contributed by atoms with Crippen LogP contribution >= 0.6 is 23.2 Å². The van der Waals surface area contributed by atoms with Gasteiger partial charge in [-0.15, -0.1) is 0 Å². The summed E-state index contributed by atoms with van der Waals surface area (Å²) in [6, 6.07) is 2.99. The van der Waals surface area contributed by atoms with Gasteiger partial charge in [-0.2, -0.15) is 9.97 Å². The second kappa shape index (κ2) is 6.73. The van der Waals surface area contributed by atoms with Crippen LogP contribution in [0.15, 0.2) is 27.6 Å². The average molecular weight is 383 g/mol. The highest BCUT2D eigenvalue weighted by atomic mass is 35.5. The molecule has 0 atom stereocenters. The zero-order chi connectivity index (χ0) is 18.1. The number of rotatable bonds is 4. The number of aromatic hydroxyl groups is 1. The lowest BCUT2D eigenvalue weighted by molar-refractivity contribution is 0.388. The number of aromatic amines is 1. The van der Waals surface area contributed by atoms with Gasteiger partial charge >= 0.3 is 11.8 Å². The molecule has 10 heteroatoms. The number of hydrogen-bond acceptors (Lipinski definition) is 7. The average Bonchev–Trinajstić information content (AvgIpc) is 2.98. The molecule has 8 nitrogen and oxygen atoms in total. The quantitative estimate of drug-likeness (QED) is 0.705. The predicted octanol–water partition coefficient (Wildman–Crippen LogP) is 3.75. The second-order valence-corrected chi connectivity index (χ2v) is 6.21. The van der Waals surface area contributed by atoms with Crippen LogP contribution in [0.2, 0.25) is 10.0 Å². The molecular weight excluding hydrogens is 371 g/mol. The van der Waals surface area contributed by atoms with Gasteiger partial charge in [-0.05, 0) is 18.1 Å². The SMILES string of the molecule is CC(C)c1nc(Oc2c(Cl)cc(-c3noc(=O)[nH]3)cc2Cl)ncc1O. The van der Waals surface area contributed by atoms with Gasteiger partial charge in [0, 0.05) is 5.56 Å². The van der Waals surface area contributed by atoms with Crippen LogP contribution in [0.3, 0.4) is 0 Å². The molecule has 0 saturated heterocycles. The van der Waals surface area contributed by atoms with Crippen LogP contribution in [0.5, 0.6) is 17.5 Å². The highest BCUT2D eigenvalue weighted by molar-refractivity contribution is 6.37. The zero-order valence-corrected chi connectivity index (χ0v) is 14.6. The second-order valence-electron chi connectivity index (χ2n) is 5.39. The lowest BCUT2D eigenvalue weighted by Gasteiger charge is -2.12. The van der Waals surface area contributed by atoms with Gasteiger partial charge in [0.15, 0.2) is 17.3 Å². The van der Waals surface area contributed by atoms with Gasteiger partial charge in [-0.1, -0.05) is 42.2 Å². The van der Waals surface area contributed by atoms with Crippen molar-refractivity contribution in [2.45, 2.75) is 19.8 Å². The minimum absolute atomic E-state index is 0.00658. The molecule has 25 heavy (non-hydrogen) atoms. The topological polar surface area (TPSA) is 114 Å². The summed E-state index contributed by atoms with van der Waals surface area (Å²) in [5.41, 5.74) is 0.886. The van der Waals surface area contributed by atoms with Crippen molar-refractivity contribution in [2.24, 2.45) is 0 Å². The van der Waals surface area contributed by atoms with E-state index in [1.54, 1.807) is 0 Å². The van der Waals surface area contributed by atoms with Gasteiger partial charge in [0.1, 0.15) is 0 Å². The van der Waals surface area contributed by atoms with Crippen molar-refractivity contribution in [3.8, 4) is 28.9 Å². The normalized spacial score (nSPS) is 11.1. The standard InChI is InChI=1S/C15H12Cl2N4O4/c1-6(2)11-10(22)5-18-14(19-11)24-12-8(16)3-7(4-9(12)17)13-20-15(23)25-21-13/h3-6,22H,1-2H3,(H,20,21,23). The molecule has 0 aliphatic heterocycles. The Kier molecular flexibility index (Phi) is 4.65. The molecule has 0 unspecified atom stereocenters. The van der Waals surface area contributed by atoms with Crippen LogP contribution in [-0.4, -0.2) is 25.2 Å². The third-order valence-corrected chi connectivity index (χ3v) is 3.79. The number of hydrogen-bond donors (Lipinski definition) is 2. The summed E-state index contributed by atoms with van der Waals surface area (Å²) in [5.74, 6) is -0.421. The molecule has 130 valence electrons. The monoisotopic (exact) mass is 382 g/mol. The van der Waals surface area contributed by atoms with Gasteiger partial charge in [-0.25, -0.2) is 4.79 Å². The Labute approximate surface area is 151 Å². The summed E-state index contributed by atoms with van der Waals surface area (Å²) >= 11 is 12.4. The Morgan fingerprint density at radius 3 is 2.52 bits per heavy atom. The van der Waals surface area contributed by atoms with E-state index >= 15 is 0 Å². The minimum atomic E-state index is -0.693. The third-order valence-electron chi connectivity index (χ3n) is 3.23. The van der Waals surface area contributed by atoms with Crippen molar-refractivity contribution in [3.05, 3.63) is 44.6 Å². The number of H-pyrrole nitrogens is 1. The maximum Gasteiger partial charge on any atom is 0.439 e. The van der Waals surface area contributed by atoms with E-state index in [2.05, 4.69) is 24.6 Å². The number of nitrogens with one attached hydrogen (secondary N) is 1. The molecule has 0 bridgehead atoms. The highest BCUT2D eigenvalue weighted by Gasteiger charge is 2.17. The fourth-order valence-corrected chi connectivity index (χ4v) is 2.65. The zero-order valence-electron chi connectivity index (χ0n) is 13.1. The summed E-state index contributed by atoms with van der Waals surface area (Å²) in [7, 11) is 0. The molecule has 0 aliphatic rings. The lowest BCUT2D eigenvalue weighted by Crippen LogP contribution is -1.99. The highest BCUT2D eigenvalue weighted by Crippen LogP contribution is 2.39. The fourth-order valence-electron chi connectivity index (χ4n) is 2.09. The van der Waals surface area contributed by atoms with Crippen LogP contribution in [0, 0.1) is 0 Å². The molecule has 3 aromatic rings. The molecule has 2 aromatic heterocycles. The van der Waals surface area contributed by atoms with Crippen LogP contribution in [0.1, 0.15) is 25.5 Å². The third kappa shape index (κ3) is 3.59. The Morgan fingerprint density at radius 1 is 1.28 bits per heavy atom. The van der Waals surface area contributed by atoms with Crippen LogP contribution in [0.4, 0.5) is 0 Å². The fraction of sp³-hybridized carbons (Fsp3) is 0.200. The van der Waals surface area contributed by atoms with Crippen LogP contribution in [0.25, 0.3) is 11.4 Å². The summed E-state index contributed by atoms with van der Waals surface area (Å²) in [6.07, 6.45) is 1.24. The molecule has 0 radical (unpaired) electrons. The summed E-state index contributed by atoms with van der Waals surface area (Å²) in [5, 5.41) is 13.7. The van der Waals surface area contributed by atoms with E-state index in [0.717, 1.165) is 0 Å². The predicted molar refractivity (Wildman–Crippen MR) is 90.4 cm³/mol. The van der Waals surface area contributed by atoms with E-state index < -0.39 is 5.76 Å². The summed E-state index contributed by atoms with van der Waals surface area (Å²) in [6.45, 7) is 3.75. The largest absolute Gasteiger partial charge is 0.504 e. The van der Waals surface area contributed by atoms with Gasteiger partial charge in [-0.3, -0.25) is 9.51 Å². The van der Waals surface area contributed by atoms with Crippen LogP contribution in [-0.2, 0) is 0 Å². The maximum atomic E-state index is 11.0. The summed E-state index contributed by atoms with van der Waals surface area (Å²) < 4.78 is 10.0. The number of benzene rings is 1.